The quantitative estimate of drug-likeness (QED) is 0.815. The van der Waals surface area contributed by atoms with Gasteiger partial charge >= 0.3 is 0 Å². The molecule has 2 rings (SSSR count). The highest BCUT2D eigenvalue weighted by Gasteiger charge is 2.30. The lowest BCUT2D eigenvalue weighted by atomic mass is 10.3. The first-order valence-electron chi connectivity index (χ1n) is 6.67. The van der Waals surface area contributed by atoms with Crippen LogP contribution in [-0.2, 0) is 10.0 Å². The first kappa shape index (κ1) is 14.9. The fourth-order valence-electron chi connectivity index (χ4n) is 2.33. The monoisotopic (exact) mass is 294 g/mol. The molecule has 108 valence electrons. The van der Waals surface area contributed by atoms with Gasteiger partial charge in [-0.3, -0.25) is 0 Å². The summed E-state index contributed by atoms with van der Waals surface area (Å²) in [7, 11) is -3.62. The van der Waals surface area contributed by atoms with E-state index < -0.39 is 10.0 Å². The van der Waals surface area contributed by atoms with Crippen molar-refractivity contribution in [3.05, 3.63) is 24.0 Å². The summed E-state index contributed by atoms with van der Waals surface area (Å²) in [6.45, 7) is 5.48. The van der Waals surface area contributed by atoms with Crippen LogP contribution in [0.3, 0.4) is 0 Å². The number of hydrogen-bond donors (Lipinski definition) is 0. The Balaban J connectivity index is 2.18. The summed E-state index contributed by atoms with van der Waals surface area (Å²) in [5.74, 6) is 0. The van der Waals surface area contributed by atoms with E-state index in [4.69, 9.17) is 5.26 Å². The van der Waals surface area contributed by atoms with Crippen LogP contribution in [0.4, 0.5) is 0 Å². The summed E-state index contributed by atoms with van der Waals surface area (Å²) < 4.78 is 26.5. The zero-order valence-electron chi connectivity index (χ0n) is 11.5. The molecule has 1 saturated heterocycles. The molecule has 20 heavy (non-hydrogen) atoms. The van der Waals surface area contributed by atoms with E-state index in [1.54, 1.807) is 6.07 Å². The molecule has 1 aromatic rings. The first-order chi connectivity index (χ1) is 9.59. The molecule has 0 unspecified atom stereocenters. The second-order valence-corrected chi connectivity index (χ2v) is 6.61. The largest absolute Gasteiger partial charge is 0.301 e. The molecule has 0 N–H and O–H groups in total. The summed E-state index contributed by atoms with van der Waals surface area (Å²) in [5, 5.41) is 8.99. The molecule has 0 radical (unpaired) electrons. The van der Waals surface area contributed by atoms with Gasteiger partial charge < -0.3 is 4.90 Å². The molecule has 0 amide bonds. The molecule has 2 heterocycles. The minimum absolute atomic E-state index is 0.00596. The third-order valence-corrected chi connectivity index (χ3v) is 5.30. The highest BCUT2D eigenvalue weighted by Crippen LogP contribution is 2.19. The van der Waals surface area contributed by atoms with Gasteiger partial charge in [-0.05, 0) is 25.1 Å². The van der Waals surface area contributed by atoms with Crippen LogP contribution in [0.5, 0.6) is 0 Å². The highest BCUT2D eigenvalue weighted by molar-refractivity contribution is 7.89. The molecular formula is C13H18N4O2S. The number of hydrogen-bond acceptors (Lipinski definition) is 5. The number of sulfonamides is 1. The number of pyridine rings is 1. The SMILES string of the molecule is CCCN1CCN(S(=O)(=O)c2cccnc2C#N)CC1. The van der Waals surface area contributed by atoms with Crippen molar-refractivity contribution in [2.24, 2.45) is 0 Å². The van der Waals surface area contributed by atoms with Crippen molar-refractivity contribution in [3.63, 3.8) is 0 Å². The van der Waals surface area contributed by atoms with Gasteiger partial charge in [-0.15, -0.1) is 0 Å². The van der Waals surface area contributed by atoms with E-state index in [0.29, 0.717) is 13.1 Å². The zero-order valence-corrected chi connectivity index (χ0v) is 12.3. The lowest BCUT2D eigenvalue weighted by Crippen LogP contribution is -2.48. The van der Waals surface area contributed by atoms with Crippen LogP contribution in [0.1, 0.15) is 19.0 Å². The zero-order chi connectivity index (χ0) is 14.6. The summed E-state index contributed by atoms with van der Waals surface area (Å²) in [6, 6.07) is 4.83. The Hall–Kier alpha value is -1.49. The van der Waals surface area contributed by atoms with Gasteiger partial charge in [0.05, 0.1) is 0 Å². The van der Waals surface area contributed by atoms with E-state index in [-0.39, 0.29) is 10.6 Å². The molecule has 6 nitrogen and oxygen atoms in total. The molecule has 7 heteroatoms. The van der Waals surface area contributed by atoms with Crippen molar-refractivity contribution in [1.29, 1.82) is 5.26 Å². The van der Waals surface area contributed by atoms with Crippen molar-refractivity contribution in [3.8, 4) is 6.07 Å². The predicted molar refractivity (Wildman–Crippen MR) is 74.4 cm³/mol. The van der Waals surface area contributed by atoms with Crippen molar-refractivity contribution < 1.29 is 8.42 Å². The Labute approximate surface area is 119 Å². The van der Waals surface area contributed by atoms with Gasteiger partial charge in [0.2, 0.25) is 10.0 Å². The Morgan fingerprint density at radius 2 is 2.05 bits per heavy atom. The second kappa shape index (κ2) is 6.31. The van der Waals surface area contributed by atoms with E-state index in [0.717, 1.165) is 26.1 Å². The Morgan fingerprint density at radius 3 is 2.65 bits per heavy atom. The minimum atomic E-state index is -3.62. The molecule has 1 aliphatic heterocycles. The molecule has 0 aliphatic carbocycles. The van der Waals surface area contributed by atoms with Crippen LogP contribution in [0, 0.1) is 11.3 Å². The Morgan fingerprint density at radius 1 is 1.35 bits per heavy atom. The topological polar surface area (TPSA) is 77.3 Å². The van der Waals surface area contributed by atoms with Crippen LogP contribution in [-0.4, -0.2) is 55.3 Å². The van der Waals surface area contributed by atoms with Gasteiger partial charge in [-0.25, -0.2) is 13.4 Å². The lowest BCUT2D eigenvalue weighted by Gasteiger charge is -2.33. The summed E-state index contributed by atoms with van der Waals surface area (Å²) in [4.78, 5) is 6.08. The summed E-state index contributed by atoms with van der Waals surface area (Å²) in [6.07, 6.45) is 2.49. The van der Waals surface area contributed by atoms with Crippen molar-refractivity contribution >= 4 is 10.0 Å². The molecule has 0 atom stereocenters. The third-order valence-electron chi connectivity index (χ3n) is 3.37. The normalized spacial score (nSPS) is 17.8. The highest BCUT2D eigenvalue weighted by atomic mass is 32.2. The lowest BCUT2D eigenvalue weighted by molar-refractivity contribution is 0.188. The van der Waals surface area contributed by atoms with E-state index in [2.05, 4.69) is 16.8 Å². The smallest absolute Gasteiger partial charge is 0.246 e. The van der Waals surface area contributed by atoms with Crippen LogP contribution in [0.15, 0.2) is 23.2 Å². The molecule has 0 spiro atoms. The van der Waals surface area contributed by atoms with Gasteiger partial charge in [0.15, 0.2) is 5.69 Å². The van der Waals surface area contributed by atoms with Gasteiger partial charge in [0.25, 0.3) is 0 Å². The first-order valence-corrected chi connectivity index (χ1v) is 8.11. The van der Waals surface area contributed by atoms with Crippen LogP contribution < -0.4 is 0 Å². The number of nitrogens with zero attached hydrogens (tertiary/aromatic N) is 4. The summed E-state index contributed by atoms with van der Waals surface area (Å²) in [5.41, 5.74) is -0.0384. The third kappa shape index (κ3) is 2.98. The summed E-state index contributed by atoms with van der Waals surface area (Å²) >= 11 is 0. The Kier molecular flexibility index (Phi) is 4.70. The van der Waals surface area contributed by atoms with Gasteiger partial charge in [0, 0.05) is 32.4 Å². The maximum atomic E-state index is 12.5. The maximum Gasteiger partial charge on any atom is 0.246 e. The van der Waals surface area contributed by atoms with E-state index >= 15 is 0 Å². The van der Waals surface area contributed by atoms with Crippen molar-refractivity contribution in [1.82, 2.24) is 14.2 Å². The van der Waals surface area contributed by atoms with Gasteiger partial charge in [0.1, 0.15) is 11.0 Å². The van der Waals surface area contributed by atoms with Crippen LogP contribution in [0.25, 0.3) is 0 Å². The van der Waals surface area contributed by atoms with Crippen molar-refractivity contribution in [2.45, 2.75) is 18.2 Å². The molecule has 1 fully saturated rings. The van der Waals surface area contributed by atoms with E-state index in [9.17, 15) is 8.42 Å². The second-order valence-electron chi connectivity index (χ2n) is 4.71. The van der Waals surface area contributed by atoms with Gasteiger partial charge in [-0.1, -0.05) is 6.92 Å². The average Bonchev–Trinajstić information content (AvgIpc) is 2.48. The fourth-order valence-corrected chi connectivity index (χ4v) is 3.85. The number of piperazine rings is 1. The minimum Gasteiger partial charge on any atom is -0.301 e. The standard InChI is InChI=1S/C13H18N4O2S/c1-2-6-16-7-9-17(10-8-16)20(18,19)13-4-3-5-15-12(13)11-14/h3-5H,2,6-10H2,1H3. The Bertz CT molecular complexity index is 601. The molecule has 0 bridgehead atoms. The molecule has 1 aromatic heterocycles. The van der Waals surface area contributed by atoms with Crippen LogP contribution >= 0.6 is 0 Å². The van der Waals surface area contributed by atoms with Crippen LogP contribution in [0.2, 0.25) is 0 Å². The molecule has 0 aromatic carbocycles. The van der Waals surface area contributed by atoms with E-state index in [1.165, 1.54) is 16.6 Å². The maximum absolute atomic E-state index is 12.5. The van der Waals surface area contributed by atoms with Gasteiger partial charge in [-0.2, -0.15) is 9.57 Å². The van der Waals surface area contributed by atoms with E-state index in [1.807, 2.05) is 6.07 Å². The average molecular weight is 294 g/mol. The molecule has 1 aliphatic rings. The van der Waals surface area contributed by atoms with Crippen molar-refractivity contribution in [2.75, 3.05) is 32.7 Å². The number of rotatable bonds is 4. The fraction of sp³-hybridized carbons (Fsp3) is 0.538. The molecular weight excluding hydrogens is 276 g/mol. The predicted octanol–water partition coefficient (Wildman–Crippen LogP) is 0.670. The number of nitriles is 1. The number of aromatic nitrogens is 1. The molecule has 0 saturated carbocycles.